The van der Waals surface area contributed by atoms with Crippen molar-refractivity contribution in [3.8, 4) is 16.9 Å². The molecule has 2 heterocycles. The third-order valence-corrected chi connectivity index (χ3v) is 4.84. The standard InChI is InChI=1S/C15H12F2N4O.C8H10O/c1-21-14(22)12(20-15(21)18)8-4-5-11(16)10(7-8)9-3-2-6-19-13(9)17;1-7-5-3-4-6-8(7)9-2/h2-7,12H,1H3,(H2,18,20);3-6H,1-2H3. The number of aryl methyl sites for hydroxylation is 1. The van der Waals surface area contributed by atoms with Crippen molar-refractivity contribution in [1.82, 2.24) is 9.88 Å². The average molecular weight is 424 g/mol. The summed E-state index contributed by atoms with van der Waals surface area (Å²) in [5, 5.41) is 0. The van der Waals surface area contributed by atoms with Gasteiger partial charge in [0.25, 0.3) is 5.91 Å². The van der Waals surface area contributed by atoms with E-state index in [4.69, 9.17) is 10.5 Å². The minimum absolute atomic E-state index is 0.0256. The molecule has 2 aromatic carbocycles. The van der Waals surface area contributed by atoms with E-state index in [9.17, 15) is 13.6 Å². The summed E-state index contributed by atoms with van der Waals surface area (Å²) in [6.07, 6.45) is 1.28. The Morgan fingerprint density at radius 1 is 1.06 bits per heavy atom. The van der Waals surface area contributed by atoms with E-state index < -0.39 is 17.8 Å². The molecule has 0 spiro atoms. The minimum atomic E-state index is -0.843. The number of carbonyl (C=O) groups is 1. The predicted molar refractivity (Wildman–Crippen MR) is 114 cm³/mol. The van der Waals surface area contributed by atoms with Gasteiger partial charge < -0.3 is 10.5 Å². The number of nitrogens with two attached hydrogens (primary N) is 1. The molecular formula is C23H22F2N4O2. The fourth-order valence-electron chi connectivity index (χ4n) is 3.08. The normalized spacial score (nSPS) is 15.3. The Bertz CT molecular complexity index is 1130. The van der Waals surface area contributed by atoms with E-state index in [0.29, 0.717) is 5.56 Å². The van der Waals surface area contributed by atoms with Crippen LogP contribution in [0.15, 0.2) is 65.8 Å². The Labute approximate surface area is 179 Å². The summed E-state index contributed by atoms with van der Waals surface area (Å²) in [7, 11) is 3.19. The van der Waals surface area contributed by atoms with Gasteiger partial charge in [-0.1, -0.05) is 24.3 Å². The monoisotopic (exact) mass is 424 g/mol. The first kappa shape index (κ1) is 21.9. The number of para-hydroxylation sites is 1. The smallest absolute Gasteiger partial charge is 0.258 e. The summed E-state index contributed by atoms with van der Waals surface area (Å²) in [4.78, 5) is 20.8. The number of likely N-dealkylation sites (N-methyl/N-ethyl adjacent to an activating group) is 1. The van der Waals surface area contributed by atoms with Crippen LogP contribution in [0, 0.1) is 18.7 Å². The van der Waals surface area contributed by atoms with Gasteiger partial charge in [0.1, 0.15) is 11.6 Å². The number of guanidine groups is 1. The van der Waals surface area contributed by atoms with Crippen LogP contribution in [0.25, 0.3) is 11.1 Å². The van der Waals surface area contributed by atoms with Crippen molar-refractivity contribution in [3.63, 3.8) is 0 Å². The molecule has 8 heteroatoms. The zero-order chi connectivity index (χ0) is 22.5. The summed E-state index contributed by atoms with van der Waals surface area (Å²) < 4.78 is 32.8. The molecule has 1 amide bonds. The number of benzene rings is 2. The van der Waals surface area contributed by atoms with E-state index >= 15 is 0 Å². The van der Waals surface area contributed by atoms with Gasteiger partial charge in [0.15, 0.2) is 12.0 Å². The second-order valence-electron chi connectivity index (χ2n) is 6.84. The SMILES string of the molecule is CN1C(=O)C(c2ccc(F)c(-c3cccnc3F)c2)N=C1N.COc1ccccc1C. The molecule has 4 rings (SSSR count). The zero-order valence-electron chi connectivity index (χ0n) is 17.3. The van der Waals surface area contributed by atoms with Gasteiger partial charge >= 0.3 is 0 Å². The van der Waals surface area contributed by atoms with Crippen LogP contribution in [-0.2, 0) is 4.79 Å². The maximum atomic E-state index is 14.0. The van der Waals surface area contributed by atoms with E-state index in [1.807, 2.05) is 31.2 Å². The van der Waals surface area contributed by atoms with Crippen molar-refractivity contribution in [1.29, 1.82) is 0 Å². The highest BCUT2D eigenvalue weighted by Gasteiger charge is 2.32. The van der Waals surface area contributed by atoms with Crippen molar-refractivity contribution >= 4 is 11.9 Å². The van der Waals surface area contributed by atoms with Crippen LogP contribution in [0.5, 0.6) is 5.75 Å². The van der Waals surface area contributed by atoms with Crippen LogP contribution >= 0.6 is 0 Å². The fourth-order valence-corrected chi connectivity index (χ4v) is 3.08. The number of hydrogen-bond donors (Lipinski definition) is 1. The van der Waals surface area contributed by atoms with Gasteiger partial charge in [-0.05, 0) is 48.4 Å². The molecule has 1 aliphatic rings. The first-order valence-electron chi connectivity index (χ1n) is 9.44. The molecular weight excluding hydrogens is 402 g/mol. The second-order valence-corrected chi connectivity index (χ2v) is 6.84. The van der Waals surface area contributed by atoms with E-state index in [1.54, 1.807) is 7.11 Å². The van der Waals surface area contributed by atoms with Crippen LogP contribution < -0.4 is 10.5 Å². The Balaban J connectivity index is 0.000000254. The minimum Gasteiger partial charge on any atom is -0.496 e. The molecule has 0 aliphatic carbocycles. The average Bonchev–Trinajstić information content (AvgIpc) is 3.03. The molecule has 0 saturated carbocycles. The van der Waals surface area contributed by atoms with Gasteiger partial charge in [-0.3, -0.25) is 9.69 Å². The quantitative estimate of drug-likeness (QED) is 0.648. The number of pyridine rings is 1. The van der Waals surface area contributed by atoms with Crippen molar-refractivity contribution in [2.75, 3.05) is 14.2 Å². The first-order chi connectivity index (χ1) is 14.8. The number of ether oxygens (including phenoxy) is 1. The van der Waals surface area contributed by atoms with Crippen LogP contribution in [0.3, 0.4) is 0 Å². The fraction of sp³-hybridized carbons (Fsp3) is 0.174. The molecule has 0 saturated heterocycles. The number of halogens is 2. The van der Waals surface area contributed by atoms with Gasteiger partial charge in [0, 0.05) is 24.4 Å². The van der Waals surface area contributed by atoms with Gasteiger partial charge in [-0.25, -0.2) is 14.4 Å². The highest BCUT2D eigenvalue weighted by atomic mass is 19.1. The summed E-state index contributed by atoms with van der Waals surface area (Å²) in [6, 6.07) is 14.0. The third kappa shape index (κ3) is 4.69. The number of methoxy groups -OCH3 is 1. The van der Waals surface area contributed by atoms with Crippen molar-refractivity contribution < 1.29 is 18.3 Å². The molecule has 31 heavy (non-hydrogen) atoms. The topological polar surface area (TPSA) is 80.8 Å². The van der Waals surface area contributed by atoms with Gasteiger partial charge in [0.2, 0.25) is 5.95 Å². The summed E-state index contributed by atoms with van der Waals surface area (Å²) in [6.45, 7) is 2.03. The lowest BCUT2D eigenvalue weighted by molar-refractivity contribution is -0.126. The van der Waals surface area contributed by atoms with Crippen LogP contribution in [-0.4, -0.2) is 35.9 Å². The molecule has 3 aromatic rings. The Kier molecular flexibility index (Phi) is 6.59. The maximum Gasteiger partial charge on any atom is 0.258 e. The number of nitrogens with zero attached hydrogens (tertiary/aromatic N) is 3. The highest BCUT2D eigenvalue weighted by molar-refractivity contribution is 6.04. The van der Waals surface area contributed by atoms with E-state index in [1.165, 1.54) is 54.0 Å². The zero-order valence-corrected chi connectivity index (χ0v) is 17.3. The van der Waals surface area contributed by atoms with E-state index in [2.05, 4.69) is 9.98 Å². The molecule has 0 bridgehead atoms. The van der Waals surface area contributed by atoms with Gasteiger partial charge in [0.05, 0.1) is 7.11 Å². The summed E-state index contributed by atoms with van der Waals surface area (Å²) in [5.74, 6) is -0.657. The van der Waals surface area contributed by atoms with Crippen molar-refractivity contribution in [3.05, 3.63) is 83.7 Å². The number of hydrogen-bond acceptors (Lipinski definition) is 5. The Morgan fingerprint density at radius 2 is 1.81 bits per heavy atom. The molecule has 0 fully saturated rings. The molecule has 1 atom stereocenters. The second kappa shape index (κ2) is 9.34. The number of carbonyl (C=O) groups excluding carboxylic acids is 1. The molecule has 1 unspecified atom stereocenters. The molecule has 0 radical (unpaired) electrons. The van der Waals surface area contributed by atoms with Gasteiger partial charge in [-0.2, -0.15) is 4.39 Å². The largest absolute Gasteiger partial charge is 0.496 e. The molecule has 1 aliphatic heterocycles. The van der Waals surface area contributed by atoms with Crippen molar-refractivity contribution in [2.24, 2.45) is 10.7 Å². The lowest BCUT2D eigenvalue weighted by Crippen LogP contribution is -2.34. The van der Waals surface area contributed by atoms with E-state index in [-0.39, 0.29) is 23.0 Å². The van der Waals surface area contributed by atoms with Crippen LogP contribution in [0.4, 0.5) is 8.78 Å². The van der Waals surface area contributed by atoms with E-state index in [0.717, 1.165) is 5.75 Å². The highest BCUT2D eigenvalue weighted by Crippen LogP contribution is 2.31. The third-order valence-electron chi connectivity index (χ3n) is 4.84. The van der Waals surface area contributed by atoms with Gasteiger partial charge in [-0.15, -0.1) is 0 Å². The number of aromatic nitrogens is 1. The lowest BCUT2D eigenvalue weighted by Gasteiger charge is -2.12. The predicted octanol–water partition coefficient (Wildman–Crippen LogP) is 3.86. The first-order valence-corrected chi connectivity index (χ1v) is 9.44. The molecule has 2 N–H and O–H groups in total. The number of rotatable bonds is 3. The number of amides is 1. The maximum absolute atomic E-state index is 14.0. The summed E-state index contributed by atoms with van der Waals surface area (Å²) >= 11 is 0. The number of aliphatic imine (C=N–C) groups is 1. The lowest BCUT2D eigenvalue weighted by atomic mass is 9.99. The summed E-state index contributed by atoms with van der Waals surface area (Å²) in [5.41, 5.74) is 7.29. The Morgan fingerprint density at radius 3 is 2.39 bits per heavy atom. The molecule has 6 nitrogen and oxygen atoms in total. The van der Waals surface area contributed by atoms with Crippen molar-refractivity contribution in [2.45, 2.75) is 13.0 Å². The molecule has 160 valence electrons. The molecule has 1 aromatic heterocycles. The van der Waals surface area contributed by atoms with Crippen LogP contribution in [0.2, 0.25) is 0 Å². The Hall–Kier alpha value is -3.81. The van der Waals surface area contributed by atoms with Crippen LogP contribution in [0.1, 0.15) is 17.2 Å².